The van der Waals surface area contributed by atoms with Crippen molar-refractivity contribution in [1.82, 2.24) is 14.7 Å². The smallest absolute Gasteiger partial charge is 0.165 e. The highest BCUT2D eigenvalue weighted by Gasteiger charge is 2.33. The number of ether oxygens (including phenoxy) is 3. The Kier molecular flexibility index (Phi) is 8.19. The van der Waals surface area contributed by atoms with Crippen LogP contribution in [-0.2, 0) is 17.8 Å². The Hall–Kier alpha value is -2.90. The van der Waals surface area contributed by atoms with E-state index in [4.69, 9.17) is 14.2 Å². The molecule has 1 atom stereocenters. The molecule has 7 heteroatoms. The number of aromatic nitrogens is 2. The largest absolute Gasteiger partial charge is 0.492 e. The van der Waals surface area contributed by atoms with Crippen LogP contribution in [0.1, 0.15) is 30.5 Å². The second-order valence-electron chi connectivity index (χ2n) is 8.95. The van der Waals surface area contributed by atoms with E-state index in [9.17, 15) is 4.39 Å². The van der Waals surface area contributed by atoms with Gasteiger partial charge in [0.2, 0.25) is 0 Å². The van der Waals surface area contributed by atoms with Crippen LogP contribution in [0.25, 0.3) is 0 Å². The molecule has 1 aliphatic heterocycles. The molecule has 0 spiro atoms. The summed E-state index contributed by atoms with van der Waals surface area (Å²) in [6.45, 7) is 6.41. The van der Waals surface area contributed by atoms with Crippen molar-refractivity contribution in [3.63, 3.8) is 0 Å². The number of para-hydroxylation sites is 1. The molecule has 2 aromatic carbocycles. The highest BCUT2D eigenvalue weighted by molar-refractivity contribution is 5.27. The molecule has 0 radical (unpaired) electrons. The average Bonchev–Trinajstić information content (AvgIpc) is 3.16. The van der Waals surface area contributed by atoms with Crippen LogP contribution in [0, 0.1) is 12.7 Å². The summed E-state index contributed by atoms with van der Waals surface area (Å²) in [5.74, 6) is 0.808. The van der Waals surface area contributed by atoms with Gasteiger partial charge in [-0.05, 0) is 68.6 Å². The van der Waals surface area contributed by atoms with Crippen LogP contribution in [-0.4, -0.2) is 53.7 Å². The summed E-state index contributed by atoms with van der Waals surface area (Å²) in [6.07, 6.45) is 4.69. The number of hydrogen-bond acceptors (Lipinski definition) is 5. The second-order valence-corrected chi connectivity index (χ2v) is 8.95. The van der Waals surface area contributed by atoms with Gasteiger partial charge in [-0.25, -0.2) is 4.39 Å². The van der Waals surface area contributed by atoms with E-state index < -0.39 is 5.60 Å². The van der Waals surface area contributed by atoms with Crippen LogP contribution >= 0.6 is 0 Å². The third-order valence-corrected chi connectivity index (χ3v) is 6.44. The van der Waals surface area contributed by atoms with Crippen molar-refractivity contribution in [2.45, 2.75) is 44.9 Å². The van der Waals surface area contributed by atoms with Gasteiger partial charge < -0.3 is 14.2 Å². The molecule has 0 bridgehead atoms. The van der Waals surface area contributed by atoms with Crippen molar-refractivity contribution in [2.24, 2.45) is 0 Å². The molecule has 1 aliphatic rings. The molecule has 0 N–H and O–H groups in total. The molecule has 6 nitrogen and oxygen atoms in total. The highest BCUT2D eigenvalue weighted by Crippen LogP contribution is 2.29. The Bertz CT molecular complexity index is 1040. The van der Waals surface area contributed by atoms with Crippen molar-refractivity contribution in [3.05, 3.63) is 77.9 Å². The number of aryl methyl sites for hydroxylation is 1. The molecule has 0 amide bonds. The number of halogens is 1. The first-order valence-electron chi connectivity index (χ1n) is 11.9. The lowest BCUT2D eigenvalue weighted by molar-refractivity contribution is -0.0548. The first-order chi connectivity index (χ1) is 16.5. The number of benzene rings is 2. The summed E-state index contributed by atoms with van der Waals surface area (Å²) in [4.78, 5) is 2.44. The van der Waals surface area contributed by atoms with Crippen molar-refractivity contribution < 1.29 is 18.6 Å². The van der Waals surface area contributed by atoms with Crippen molar-refractivity contribution in [2.75, 3.05) is 33.4 Å². The number of likely N-dealkylation sites (tertiary alicyclic amines) is 1. The number of methoxy groups -OCH3 is 1. The minimum absolute atomic E-state index is 0.280. The molecule has 0 unspecified atom stereocenters. The lowest BCUT2D eigenvalue weighted by Gasteiger charge is -2.31. The summed E-state index contributed by atoms with van der Waals surface area (Å²) >= 11 is 0. The summed E-state index contributed by atoms with van der Waals surface area (Å²) in [5.41, 5.74) is 1.86. The van der Waals surface area contributed by atoms with E-state index in [2.05, 4.69) is 22.1 Å². The lowest BCUT2D eigenvalue weighted by atomic mass is 9.95. The number of nitrogens with zero attached hydrogens (tertiary/aromatic N) is 3. The molecule has 182 valence electrons. The monoisotopic (exact) mass is 467 g/mol. The fourth-order valence-electron chi connectivity index (χ4n) is 4.35. The molecule has 34 heavy (non-hydrogen) atoms. The Morgan fingerprint density at radius 2 is 1.82 bits per heavy atom. The van der Waals surface area contributed by atoms with E-state index in [-0.39, 0.29) is 11.6 Å². The standard InChI is InChI=1S/C27H34FN3O3/c1-22-12-16-31(29-22)18-19-33-24-10-8-23(9-11-24)20-30-15-5-13-27(32-2,14-17-30)21-34-26-7-4-3-6-25(26)28/h3-4,6-12,16H,5,13-15,17-21H2,1-2H3/t27-/m1/s1. The summed E-state index contributed by atoms with van der Waals surface area (Å²) in [7, 11) is 1.73. The lowest BCUT2D eigenvalue weighted by Crippen LogP contribution is -2.39. The van der Waals surface area contributed by atoms with Gasteiger partial charge in [0, 0.05) is 26.4 Å². The van der Waals surface area contributed by atoms with E-state index in [1.165, 1.54) is 11.6 Å². The van der Waals surface area contributed by atoms with Crippen LogP contribution in [0.5, 0.6) is 11.5 Å². The zero-order valence-corrected chi connectivity index (χ0v) is 20.1. The third-order valence-electron chi connectivity index (χ3n) is 6.44. The van der Waals surface area contributed by atoms with Gasteiger partial charge in [0.1, 0.15) is 24.6 Å². The SMILES string of the molecule is CO[C@]1(COc2ccccc2F)CCCN(Cc2ccc(OCCn3ccc(C)n3)cc2)CC1. The molecule has 0 aliphatic carbocycles. The van der Waals surface area contributed by atoms with Gasteiger partial charge in [-0.2, -0.15) is 5.10 Å². The van der Waals surface area contributed by atoms with Gasteiger partial charge >= 0.3 is 0 Å². The van der Waals surface area contributed by atoms with Crippen molar-refractivity contribution in [3.8, 4) is 11.5 Å². The van der Waals surface area contributed by atoms with E-state index in [1.54, 1.807) is 25.3 Å². The van der Waals surface area contributed by atoms with E-state index >= 15 is 0 Å². The quantitative estimate of drug-likeness (QED) is 0.426. The minimum Gasteiger partial charge on any atom is -0.492 e. The number of hydrogen-bond donors (Lipinski definition) is 0. The van der Waals surface area contributed by atoms with Gasteiger partial charge in [-0.15, -0.1) is 0 Å². The maximum atomic E-state index is 13.9. The Morgan fingerprint density at radius 3 is 2.56 bits per heavy atom. The van der Waals surface area contributed by atoms with Crippen LogP contribution in [0.3, 0.4) is 0 Å². The number of rotatable bonds is 10. The van der Waals surface area contributed by atoms with Gasteiger partial charge in [0.25, 0.3) is 0 Å². The fourth-order valence-corrected chi connectivity index (χ4v) is 4.35. The zero-order valence-electron chi connectivity index (χ0n) is 20.1. The van der Waals surface area contributed by atoms with Gasteiger partial charge in [0.05, 0.1) is 12.2 Å². The predicted molar refractivity (Wildman–Crippen MR) is 130 cm³/mol. The molecule has 4 rings (SSSR count). The molecule has 1 saturated heterocycles. The summed E-state index contributed by atoms with van der Waals surface area (Å²) in [6, 6.07) is 16.8. The molecular weight excluding hydrogens is 433 g/mol. The molecule has 3 aromatic rings. The predicted octanol–water partition coefficient (Wildman–Crippen LogP) is 4.86. The molecule has 0 saturated carbocycles. The first-order valence-corrected chi connectivity index (χ1v) is 11.9. The summed E-state index contributed by atoms with van der Waals surface area (Å²) < 4.78 is 33.4. The van der Waals surface area contributed by atoms with Crippen LogP contribution in [0.2, 0.25) is 0 Å². The van der Waals surface area contributed by atoms with E-state index in [0.29, 0.717) is 13.2 Å². The van der Waals surface area contributed by atoms with Crippen LogP contribution < -0.4 is 9.47 Å². The van der Waals surface area contributed by atoms with Crippen molar-refractivity contribution in [1.29, 1.82) is 0 Å². The maximum absolute atomic E-state index is 13.9. The third kappa shape index (κ3) is 6.58. The van der Waals surface area contributed by atoms with Crippen LogP contribution in [0.15, 0.2) is 60.8 Å². The Labute approximate surface area is 201 Å². The van der Waals surface area contributed by atoms with Gasteiger partial charge in [0.15, 0.2) is 11.6 Å². The Balaban J connectivity index is 1.25. The minimum atomic E-state index is -0.401. The van der Waals surface area contributed by atoms with Crippen LogP contribution in [0.4, 0.5) is 4.39 Å². The molecular formula is C27H34FN3O3. The molecule has 1 fully saturated rings. The fraction of sp³-hybridized carbons (Fsp3) is 0.444. The zero-order chi connectivity index (χ0) is 23.8. The molecule has 1 aromatic heterocycles. The normalized spacial score (nSPS) is 19.0. The maximum Gasteiger partial charge on any atom is 0.165 e. The van der Waals surface area contributed by atoms with E-state index in [1.807, 2.05) is 36.0 Å². The second kappa shape index (κ2) is 11.5. The first kappa shape index (κ1) is 24.2. The molecule has 2 heterocycles. The average molecular weight is 468 g/mol. The van der Waals surface area contributed by atoms with Gasteiger partial charge in [-0.3, -0.25) is 9.58 Å². The Morgan fingerprint density at radius 1 is 1.00 bits per heavy atom. The van der Waals surface area contributed by atoms with E-state index in [0.717, 1.165) is 56.9 Å². The summed E-state index contributed by atoms with van der Waals surface area (Å²) in [5, 5.41) is 4.37. The van der Waals surface area contributed by atoms with Crippen molar-refractivity contribution >= 4 is 0 Å². The highest BCUT2D eigenvalue weighted by atomic mass is 19.1. The topological polar surface area (TPSA) is 48.8 Å². The van der Waals surface area contributed by atoms with Gasteiger partial charge in [-0.1, -0.05) is 24.3 Å².